The third-order valence-electron chi connectivity index (χ3n) is 0.865. The van der Waals surface area contributed by atoms with Crippen molar-refractivity contribution in [3.8, 4) is 0 Å². The molecule has 0 fully saturated rings. The van der Waals surface area contributed by atoms with Crippen molar-refractivity contribution in [2.24, 2.45) is 5.84 Å². The number of hydrogen-bond donors (Lipinski definition) is 2. The third kappa shape index (κ3) is 2.94. The van der Waals surface area contributed by atoms with Gasteiger partial charge in [-0.2, -0.15) is 24.3 Å². The number of hydrazine groups is 1. The molecule has 0 aliphatic rings. The standard InChI is InChI=1S/C6H7N2.Y/c7-8-6-4-2-1-3-5-6;/h1-4,8H,7H2;/q-1;. The fraction of sp³-hybridized carbons (Fsp3) is 0. The van der Waals surface area contributed by atoms with Gasteiger partial charge in [-0.25, -0.2) is 0 Å². The minimum Gasteiger partial charge on any atom is -0.349 e. The van der Waals surface area contributed by atoms with Gasteiger partial charge in [-0.3, -0.25) is 5.84 Å². The summed E-state index contributed by atoms with van der Waals surface area (Å²) < 4.78 is 0. The molecule has 0 aliphatic heterocycles. The predicted molar refractivity (Wildman–Crippen MR) is 33.1 cm³/mol. The molecule has 0 unspecified atom stereocenters. The molecule has 0 spiro atoms. The van der Waals surface area contributed by atoms with Crippen molar-refractivity contribution in [3.05, 3.63) is 30.3 Å². The van der Waals surface area contributed by atoms with Crippen molar-refractivity contribution in [2.75, 3.05) is 5.43 Å². The number of para-hydroxylation sites is 1. The second-order valence-corrected chi connectivity index (χ2v) is 1.42. The summed E-state index contributed by atoms with van der Waals surface area (Å²) in [5.74, 6) is 5.07. The zero-order chi connectivity index (χ0) is 5.82. The quantitative estimate of drug-likeness (QED) is 0.395. The van der Waals surface area contributed by atoms with Gasteiger partial charge in [-0.15, -0.1) is 6.07 Å². The van der Waals surface area contributed by atoms with Crippen LogP contribution in [0.3, 0.4) is 0 Å². The van der Waals surface area contributed by atoms with Gasteiger partial charge in [0.25, 0.3) is 0 Å². The van der Waals surface area contributed by atoms with Crippen LogP contribution in [0.4, 0.5) is 5.69 Å². The van der Waals surface area contributed by atoms with E-state index < -0.39 is 0 Å². The topological polar surface area (TPSA) is 38.0 Å². The monoisotopic (exact) mass is 196 g/mol. The average Bonchev–Trinajstić information content (AvgIpc) is 1.90. The molecule has 1 rings (SSSR count). The first-order valence-corrected chi connectivity index (χ1v) is 2.37. The van der Waals surface area contributed by atoms with Crippen LogP contribution in [0.15, 0.2) is 24.3 Å². The Morgan fingerprint density at radius 2 is 2.22 bits per heavy atom. The molecular weight excluding hydrogens is 189 g/mol. The molecule has 2 nitrogen and oxygen atoms in total. The van der Waals surface area contributed by atoms with E-state index in [0.717, 1.165) is 5.69 Å². The summed E-state index contributed by atoms with van der Waals surface area (Å²) in [6.07, 6.45) is 0. The molecule has 0 saturated heterocycles. The molecule has 1 radical (unpaired) electrons. The Morgan fingerprint density at radius 3 is 2.56 bits per heavy atom. The second-order valence-electron chi connectivity index (χ2n) is 1.42. The fourth-order valence-corrected chi connectivity index (χ4v) is 0.483. The molecule has 0 aromatic heterocycles. The average molecular weight is 196 g/mol. The van der Waals surface area contributed by atoms with Gasteiger partial charge in [0.05, 0.1) is 0 Å². The third-order valence-corrected chi connectivity index (χ3v) is 0.865. The van der Waals surface area contributed by atoms with E-state index in [2.05, 4.69) is 11.5 Å². The Bertz CT molecular complexity index is 152. The minimum atomic E-state index is 0. The number of nitrogens with one attached hydrogen (secondary N) is 1. The van der Waals surface area contributed by atoms with Crippen molar-refractivity contribution >= 4 is 5.69 Å². The number of anilines is 1. The molecule has 0 heterocycles. The van der Waals surface area contributed by atoms with Gasteiger partial charge in [0, 0.05) is 32.7 Å². The molecule has 1 aromatic carbocycles. The van der Waals surface area contributed by atoms with E-state index in [9.17, 15) is 0 Å². The Hall–Kier alpha value is 0.0839. The van der Waals surface area contributed by atoms with Crippen LogP contribution in [-0.4, -0.2) is 0 Å². The summed E-state index contributed by atoms with van der Waals surface area (Å²) >= 11 is 0. The van der Waals surface area contributed by atoms with Gasteiger partial charge < -0.3 is 5.43 Å². The molecule has 0 amide bonds. The van der Waals surface area contributed by atoms with Crippen LogP contribution >= 0.6 is 0 Å². The van der Waals surface area contributed by atoms with Crippen LogP contribution < -0.4 is 11.3 Å². The van der Waals surface area contributed by atoms with E-state index in [1.54, 1.807) is 6.07 Å². The first kappa shape index (κ1) is 9.08. The maximum Gasteiger partial charge on any atom is 0 e. The number of nitrogens with two attached hydrogens (primary N) is 1. The van der Waals surface area contributed by atoms with Gasteiger partial charge in [0.1, 0.15) is 0 Å². The summed E-state index contributed by atoms with van der Waals surface area (Å²) in [6, 6.07) is 10.3. The Balaban J connectivity index is 0.000000640. The van der Waals surface area contributed by atoms with Crippen LogP contribution in [0.25, 0.3) is 0 Å². The molecule has 0 saturated carbocycles. The van der Waals surface area contributed by atoms with Crippen LogP contribution in [0.2, 0.25) is 0 Å². The number of nitrogen functional groups attached to an aromatic ring is 1. The van der Waals surface area contributed by atoms with Crippen LogP contribution in [-0.2, 0) is 32.7 Å². The molecule has 0 aliphatic carbocycles. The van der Waals surface area contributed by atoms with E-state index in [-0.39, 0.29) is 32.7 Å². The summed E-state index contributed by atoms with van der Waals surface area (Å²) in [6.45, 7) is 0. The van der Waals surface area contributed by atoms with Crippen molar-refractivity contribution in [2.45, 2.75) is 0 Å². The molecule has 1 aromatic rings. The van der Waals surface area contributed by atoms with Crippen molar-refractivity contribution in [1.82, 2.24) is 0 Å². The van der Waals surface area contributed by atoms with Gasteiger partial charge in [-0.05, 0) is 0 Å². The van der Waals surface area contributed by atoms with Gasteiger partial charge in [-0.1, -0.05) is 5.69 Å². The maximum absolute atomic E-state index is 5.07. The van der Waals surface area contributed by atoms with Gasteiger partial charge >= 0.3 is 0 Å². The van der Waals surface area contributed by atoms with E-state index in [4.69, 9.17) is 5.84 Å². The zero-order valence-electron chi connectivity index (χ0n) is 4.96. The second kappa shape index (κ2) is 4.92. The molecule has 3 N–H and O–H groups in total. The normalized spacial score (nSPS) is 7.67. The summed E-state index contributed by atoms with van der Waals surface area (Å²) in [4.78, 5) is 0. The fourth-order valence-electron chi connectivity index (χ4n) is 0.483. The van der Waals surface area contributed by atoms with E-state index >= 15 is 0 Å². The molecule has 3 heteroatoms. The van der Waals surface area contributed by atoms with E-state index in [1.807, 2.05) is 18.2 Å². The predicted octanol–water partition coefficient (Wildman–Crippen LogP) is 0.770. The molecule has 0 bridgehead atoms. The maximum atomic E-state index is 5.07. The Labute approximate surface area is 79.7 Å². The summed E-state index contributed by atoms with van der Waals surface area (Å²) in [5.41, 5.74) is 3.28. The summed E-state index contributed by atoms with van der Waals surface area (Å²) in [7, 11) is 0. The first-order valence-electron chi connectivity index (χ1n) is 2.37. The van der Waals surface area contributed by atoms with Crippen molar-refractivity contribution in [3.63, 3.8) is 0 Å². The van der Waals surface area contributed by atoms with Crippen molar-refractivity contribution < 1.29 is 32.7 Å². The van der Waals surface area contributed by atoms with Crippen LogP contribution in [0.5, 0.6) is 0 Å². The zero-order valence-corrected chi connectivity index (χ0v) is 7.80. The molecule has 45 valence electrons. The molecule has 9 heavy (non-hydrogen) atoms. The van der Waals surface area contributed by atoms with Crippen molar-refractivity contribution in [1.29, 1.82) is 0 Å². The molecular formula is C6H7N2Y-. The number of hydrogen-bond acceptors (Lipinski definition) is 2. The first-order chi connectivity index (χ1) is 3.93. The largest absolute Gasteiger partial charge is 0.349 e. The Morgan fingerprint density at radius 1 is 1.44 bits per heavy atom. The Kier molecular flexibility index (Phi) is 4.96. The van der Waals surface area contributed by atoms with Gasteiger partial charge in [0.15, 0.2) is 0 Å². The van der Waals surface area contributed by atoms with E-state index in [1.165, 1.54) is 0 Å². The molecule has 0 atom stereocenters. The van der Waals surface area contributed by atoms with Gasteiger partial charge in [0.2, 0.25) is 0 Å². The SMILES string of the molecule is NNc1[c-]cccc1.[Y]. The van der Waals surface area contributed by atoms with E-state index in [0.29, 0.717) is 0 Å². The smallest absolute Gasteiger partial charge is 0 e. The van der Waals surface area contributed by atoms with Crippen LogP contribution in [0, 0.1) is 6.07 Å². The minimum absolute atomic E-state index is 0. The summed E-state index contributed by atoms with van der Waals surface area (Å²) in [5, 5.41) is 0. The number of rotatable bonds is 1. The van der Waals surface area contributed by atoms with Crippen LogP contribution in [0.1, 0.15) is 0 Å². The number of benzene rings is 1.